The van der Waals surface area contributed by atoms with Crippen molar-refractivity contribution in [1.29, 1.82) is 0 Å². The van der Waals surface area contributed by atoms with Gasteiger partial charge in [-0.3, -0.25) is 14.7 Å². The lowest BCUT2D eigenvalue weighted by Gasteiger charge is -2.33. The average Bonchev–Trinajstić information content (AvgIpc) is 2.95. The van der Waals surface area contributed by atoms with Crippen LogP contribution in [0, 0.1) is 5.82 Å². The lowest BCUT2D eigenvalue weighted by Crippen LogP contribution is -2.47. The number of nitrogens with one attached hydrogen (secondary N) is 1. The molecule has 1 saturated heterocycles. The number of rotatable bonds is 2. The summed E-state index contributed by atoms with van der Waals surface area (Å²) in [6.45, 7) is 0.348. The number of ether oxygens (including phenoxy) is 1. The van der Waals surface area contributed by atoms with E-state index in [0.717, 1.165) is 0 Å². The van der Waals surface area contributed by atoms with Crippen LogP contribution in [0.1, 0.15) is 17.5 Å². The molecule has 1 N–H and O–H groups in total. The SMILES string of the molecule is O=C1NC2(CCOc3ccccc32)C(=O)N1Cc1ccc(F)c2cccnc12. The summed E-state index contributed by atoms with van der Waals surface area (Å²) in [6, 6.07) is 12.9. The number of nitrogens with zero attached hydrogens (tertiary/aromatic N) is 2. The summed E-state index contributed by atoms with van der Waals surface area (Å²) >= 11 is 0. The van der Waals surface area contributed by atoms with Crippen LogP contribution >= 0.6 is 0 Å². The molecule has 2 aliphatic heterocycles. The van der Waals surface area contributed by atoms with Gasteiger partial charge in [0.1, 0.15) is 11.6 Å². The molecule has 2 aliphatic rings. The molecule has 1 unspecified atom stereocenters. The van der Waals surface area contributed by atoms with Gasteiger partial charge in [-0.05, 0) is 29.8 Å². The molecule has 1 aromatic heterocycles. The van der Waals surface area contributed by atoms with Crippen LogP contribution in [-0.2, 0) is 16.9 Å². The molecular weight excluding hydrogens is 361 g/mol. The number of urea groups is 1. The first-order valence-electron chi connectivity index (χ1n) is 8.99. The average molecular weight is 377 g/mol. The molecule has 1 fully saturated rings. The Hall–Kier alpha value is -3.48. The quantitative estimate of drug-likeness (QED) is 0.697. The molecule has 1 spiro atoms. The third-order valence-electron chi connectivity index (χ3n) is 5.39. The first kappa shape index (κ1) is 16.7. The molecule has 1 atom stereocenters. The maximum absolute atomic E-state index is 14.1. The van der Waals surface area contributed by atoms with E-state index < -0.39 is 11.6 Å². The highest BCUT2D eigenvalue weighted by Crippen LogP contribution is 2.41. The normalized spacial score (nSPS) is 21.0. The van der Waals surface area contributed by atoms with Crippen LogP contribution in [0.25, 0.3) is 10.9 Å². The molecule has 28 heavy (non-hydrogen) atoms. The maximum atomic E-state index is 14.1. The molecule has 7 heteroatoms. The Morgan fingerprint density at radius 3 is 2.89 bits per heavy atom. The van der Waals surface area contributed by atoms with Gasteiger partial charge in [0.05, 0.1) is 18.7 Å². The molecule has 0 saturated carbocycles. The number of imide groups is 1. The third-order valence-corrected chi connectivity index (χ3v) is 5.39. The van der Waals surface area contributed by atoms with Crippen LogP contribution in [-0.4, -0.2) is 28.4 Å². The highest BCUT2D eigenvalue weighted by atomic mass is 19.1. The Labute approximate surface area is 159 Å². The van der Waals surface area contributed by atoms with Crippen molar-refractivity contribution >= 4 is 22.8 Å². The largest absolute Gasteiger partial charge is 0.493 e. The van der Waals surface area contributed by atoms with E-state index in [1.807, 2.05) is 12.1 Å². The number of amides is 3. The molecule has 140 valence electrons. The minimum absolute atomic E-state index is 0.0171. The van der Waals surface area contributed by atoms with Crippen molar-refractivity contribution in [3.05, 3.63) is 71.7 Å². The van der Waals surface area contributed by atoms with E-state index in [1.54, 1.807) is 36.5 Å². The van der Waals surface area contributed by atoms with Gasteiger partial charge in [0.15, 0.2) is 5.54 Å². The molecule has 0 bridgehead atoms. The fraction of sp³-hybridized carbons (Fsp3) is 0.190. The number of hydrogen-bond acceptors (Lipinski definition) is 4. The van der Waals surface area contributed by atoms with Crippen molar-refractivity contribution < 1.29 is 18.7 Å². The summed E-state index contributed by atoms with van der Waals surface area (Å²) in [6.07, 6.45) is 1.92. The second-order valence-electron chi connectivity index (χ2n) is 6.93. The predicted molar refractivity (Wildman–Crippen MR) is 99.0 cm³/mol. The van der Waals surface area contributed by atoms with E-state index in [4.69, 9.17) is 4.74 Å². The summed E-state index contributed by atoms with van der Waals surface area (Å²) in [5.74, 6) is -0.126. The van der Waals surface area contributed by atoms with Crippen molar-refractivity contribution in [3.8, 4) is 5.75 Å². The molecule has 6 nitrogen and oxygen atoms in total. The summed E-state index contributed by atoms with van der Waals surface area (Å²) in [5.41, 5.74) is 0.577. The van der Waals surface area contributed by atoms with Gasteiger partial charge in [-0.2, -0.15) is 0 Å². The number of hydrogen-bond donors (Lipinski definition) is 1. The second-order valence-corrected chi connectivity index (χ2v) is 6.93. The van der Waals surface area contributed by atoms with Crippen molar-refractivity contribution in [2.45, 2.75) is 18.5 Å². The van der Waals surface area contributed by atoms with Crippen LogP contribution < -0.4 is 10.1 Å². The smallest absolute Gasteiger partial charge is 0.325 e. The van der Waals surface area contributed by atoms with E-state index in [9.17, 15) is 14.0 Å². The van der Waals surface area contributed by atoms with Gasteiger partial charge in [0.2, 0.25) is 0 Å². The monoisotopic (exact) mass is 377 g/mol. The summed E-state index contributed by atoms with van der Waals surface area (Å²) < 4.78 is 19.7. The predicted octanol–water partition coefficient (Wildman–Crippen LogP) is 3.10. The zero-order chi connectivity index (χ0) is 19.3. The van der Waals surface area contributed by atoms with Crippen molar-refractivity contribution in [2.24, 2.45) is 0 Å². The van der Waals surface area contributed by atoms with E-state index in [2.05, 4.69) is 10.3 Å². The molecule has 0 aliphatic carbocycles. The van der Waals surface area contributed by atoms with Crippen LogP contribution in [0.15, 0.2) is 54.7 Å². The Bertz CT molecular complexity index is 1130. The number of para-hydroxylation sites is 1. The van der Waals surface area contributed by atoms with E-state index in [0.29, 0.717) is 40.8 Å². The van der Waals surface area contributed by atoms with Gasteiger partial charge in [0, 0.05) is 23.6 Å². The molecule has 3 aromatic rings. The summed E-state index contributed by atoms with van der Waals surface area (Å²) in [7, 11) is 0. The van der Waals surface area contributed by atoms with E-state index in [1.165, 1.54) is 11.0 Å². The zero-order valence-electron chi connectivity index (χ0n) is 14.8. The molecule has 3 amide bonds. The highest BCUT2D eigenvalue weighted by molar-refractivity contribution is 6.08. The number of carbonyl (C=O) groups excluding carboxylic acids is 2. The van der Waals surface area contributed by atoms with Gasteiger partial charge in [-0.15, -0.1) is 0 Å². The van der Waals surface area contributed by atoms with Gasteiger partial charge in [0.25, 0.3) is 5.91 Å². The van der Waals surface area contributed by atoms with Crippen LogP contribution in [0.5, 0.6) is 5.75 Å². The minimum atomic E-state index is -1.13. The Morgan fingerprint density at radius 2 is 2.00 bits per heavy atom. The number of aromatic nitrogens is 1. The fourth-order valence-corrected chi connectivity index (χ4v) is 4.01. The third kappa shape index (κ3) is 2.29. The van der Waals surface area contributed by atoms with Gasteiger partial charge >= 0.3 is 6.03 Å². The van der Waals surface area contributed by atoms with Crippen molar-refractivity contribution in [3.63, 3.8) is 0 Å². The minimum Gasteiger partial charge on any atom is -0.493 e. The number of fused-ring (bicyclic) bond motifs is 3. The molecule has 0 radical (unpaired) electrons. The molecule has 3 heterocycles. The standard InChI is InChI=1S/C21H16FN3O3/c22-16-8-7-13(18-14(16)4-3-10-23-18)12-25-19(26)21(24-20(25)27)9-11-28-17-6-2-1-5-15(17)21/h1-8,10H,9,11-12H2,(H,24,27). The maximum Gasteiger partial charge on any atom is 0.325 e. The van der Waals surface area contributed by atoms with Crippen LogP contribution in [0.3, 0.4) is 0 Å². The van der Waals surface area contributed by atoms with Gasteiger partial charge in [-0.25, -0.2) is 9.18 Å². The fourth-order valence-electron chi connectivity index (χ4n) is 4.01. The first-order valence-corrected chi connectivity index (χ1v) is 8.99. The van der Waals surface area contributed by atoms with Gasteiger partial charge in [-0.1, -0.05) is 24.3 Å². The lowest BCUT2D eigenvalue weighted by atomic mass is 9.84. The number of benzene rings is 2. The lowest BCUT2D eigenvalue weighted by molar-refractivity contribution is -0.133. The summed E-state index contributed by atoms with van der Waals surface area (Å²) in [4.78, 5) is 31.5. The Kier molecular flexibility index (Phi) is 3.58. The molecule has 2 aromatic carbocycles. The van der Waals surface area contributed by atoms with E-state index >= 15 is 0 Å². The molecule has 5 rings (SSSR count). The number of pyridine rings is 1. The highest BCUT2D eigenvalue weighted by Gasteiger charge is 2.54. The number of carbonyl (C=O) groups is 2. The zero-order valence-corrected chi connectivity index (χ0v) is 14.8. The topological polar surface area (TPSA) is 71.5 Å². The van der Waals surface area contributed by atoms with Crippen LogP contribution in [0.4, 0.5) is 9.18 Å². The van der Waals surface area contributed by atoms with Gasteiger partial charge < -0.3 is 10.1 Å². The Morgan fingerprint density at radius 1 is 1.14 bits per heavy atom. The molecular formula is C21H16FN3O3. The van der Waals surface area contributed by atoms with Crippen LogP contribution in [0.2, 0.25) is 0 Å². The second kappa shape index (κ2) is 6.02. The number of halogens is 1. The Balaban J connectivity index is 1.55. The first-order chi connectivity index (χ1) is 13.6. The van der Waals surface area contributed by atoms with Crippen molar-refractivity contribution in [2.75, 3.05) is 6.61 Å². The van der Waals surface area contributed by atoms with E-state index in [-0.39, 0.29) is 18.3 Å². The summed E-state index contributed by atoms with van der Waals surface area (Å²) in [5, 5.41) is 3.23. The van der Waals surface area contributed by atoms with Crippen molar-refractivity contribution in [1.82, 2.24) is 15.2 Å².